The van der Waals surface area contributed by atoms with Gasteiger partial charge in [0.15, 0.2) is 0 Å². The van der Waals surface area contributed by atoms with E-state index in [2.05, 4.69) is 5.32 Å². The van der Waals surface area contributed by atoms with E-state index in [9.17, 15) is 13.6 Å². The summed E-state index contributed by atoms with van der Waals surface area (Å²) in [5.41, 5.74) is 0.464. The first-order valence-corrected chi connectivity index (χ1v) is 5.47. The third-order valence-electron chi connectivity index (χ3n) is 2.94. The molecule has 1 aromatic carbocycles. The number of halogens is 2. The lowest BCUT2D eigenvalue weighted by Gasteiger charge is -2.30. The molecule has 1 saturated heterocycles. The summed E-state index contributed by atoms with van der Waals surface area (Å²) in [5.74, 6) is -1.08. The molecule has 1 amide bonds. The zero-order valence-corrected chi connectivity index (χ0v) is 9.54. The Balaban J connectivity index is 2.03. The number of likely N-dealkylation sites (N-methyl/N-ethyl adjacent to an activating group) is 1. The van der Waals surface area contributed by atoms with Crippen LogP contribution in [-0.4, -0.2) is 37.0 Å². The Kier molecular flexibility index (Phi) is 3.38. The number of amides is 1. The summed E-state index contributed by atoms with van der Waals surface area (Å²) in [5, 5.41) is 3.04. The number of rotatable bonds is 2. The molecule has 1 atom stereocenters. The maximum absolute atomic E-state index is 13.4. The molecule has 1 unspecified atom stereocenters. The number of carbonyl (C=O) groups is 1. The minimum absolute atomic E-state index is 0.0117. The molecular weight excluding hydrogens is 226 g/mol. The molecule has 2 rings (SSSR count). The number of hydrogen-bond donors (Lipinski definition) is 1. The van der Waals surface area contributed by atoms with Crippen molar-refractivity contribution >= 4 is 5.91 Å². The van der Waals surface area contributed by atoms with E-state index in [0.29, 0.717) is 18.5 Å². The quantitative estimate of drug-likeness (QED) is 0.834. The molecule has 0 aliphatic carbocycles. The first kappa shape index (κ1) is 12.0. The van der Waals surface area contributed by atoms with E-state index in [0.717, 1.165) is 6.07 Å². The van der Waals surface area contributed by atoms with E-state index in [1.165, 1.54) is 12.1 Å². The predicted octanol–water partition coefficient (Wildman–Crippen LogP) is 0.938. The van der Waals surface area contributed by atoms with Gasteiger partial charge in [0.25, 0.3) is 0 Å². The van der Waals surface area contributed by atoms with Crippen LogP contribution in [0.3, 0.4) is 0 Å². The maximum atomic E-state index is 13.4. The topological polar surface area (TPSA) is 32.3 Å². The van der Waals surface area contributed by atoms with Crippen LogP contribution in [0.15, 0.2) is 18.2 Å². The van der Waals surface area contributed by atoms with Crippen LogP contribution >= 0.6 is 0 Å². The Hall–Kier alpha value is -1.49. The molecule has 3 nitrogen and oxygen atoms in total. The number of piperazine rings is 1. The van der Waals surface area contributed by atoms with Crippen molar-refractivity contribution in [3.05, 3.63) is 35.4 Å². The average Bonchev–Trinajstić information content (AvgIpc) is 2.27. The predicted molar refractivity (Wildman–Crippen MR) is 59.5 cm³/mol. The standard InChI is InChI=1S/C12H14F2N2O/c1-16-7-10(15-6-12(16)17)4-8-2-3-9(13)5-11(8)14/h2-3,5,10,15H,4,6-7H2,1H3. The molecule has 0 saturated carbocycles. The Bertz CT molecular complexity index is 437. The monoisotopic (exact) mass is 240 g/mol. The van der Waals surface area contributed by atoms with Gasteiger partial charge in [-0.3, -0.25) is 4.79 Å². The second kappa shape index (κ2) is 4.79. The van der Waals surface area contributed by atoms with Crippen molar-refractivity contribution < 1.29 is 13.6 Å². The van der Waals surface area contributed by atoms with E-state index < -0.39 is 11.6 Å². The lowest BCUT2D eigenvalue weighted by molar-refractivity contribution is -0.131. The molecule has 0 radical (unpaired) electrons. The summed E-state index contributed by atoms with van der Waals surface area (Å²) in [6.45, 7) is 0.805. The van der Waals surface area contributed by atoms with Crippen LogP contribution in [0.2, 0.25) is 0 Å². The molecule has 92 valence electrons. The van der Waals surface area contributed by atoms with Crippen molar-refractivity contribution in [1.29, 1.82) is 0 Å². The largest absolute Gasteiger partial charge is 0.343 e. The van der Waals surface area contributed by atoms with Crippen LogP contribution in [0.1, 0.15) is 5.56 Å². The molecule has 1 aliphatic heterocycles. The Morgan fingerprint density at radius 3 is 2.88 bits per heavy atom. The Labute approximate surface area is 98.4 Å². The van der Waals surface area contributed by atoms with E-state index in [-0.39, 0.29) is 18.5 Å². The van der Waals surface area contributed by atoms with Crippen LogP contribution in [0, 0.1) is 11.6 Å². The highest BCUT2D eigenvalue weighted by Crippen LogP contribution is 2.13. The minimum atomic E-state index is -0.574. The highest BCUT2D eigenvalue weighted by Gasteiger charge is 2.23. The van der Waals surface area contributed by atoms with Gasteiger partial charge in [0.05, 0.1) is 6.54 Å². The molecule has 0 spiro atoms. The van der Waals surface area contributed by atoms with Crippen LogP contribution in [0.5, 0.6) is 0 Å². The molecular formula is C12H14F2N2O. The van der Waals surface area contributed by atoms with Crippen molar-refractivity contribution in [3.8, 4) is 0 Å². The molecule has 1 N–H and O–H groups in total. The molecule has 1 fully saturated rings. The fourth-order valence-corrected chi connectivity index (χ4v) is 1.95. The van der Waals surface area contributed by atoms with Crippen molar-refractivity contribution in [2.75, 3.05) is 20.1 Å². The van der Waals surface area contributed by atoms with Crippen molar-refractivity contribution in [2.45, 2.75) is 12.5 Å². The van der Waals surface area contributed by atoms with Gasteiger partial charge in [0, 0.05) is 25.7 Å². The molecule has 1 aromatic rings. The van der Waals surface area contributed by atoms with Gasteiger partial charge in [0.2, 0.25) is 5.91 Å². The van der Waals surface area contributed by atoms with Gasteiger partial charge in [-0.15, -0.1) is 0 Å². The number of nitrogens with zero attached hydrogens (tertiary/aromatic N) is 1. The third-order valence-corrected chi connectivity index (χ3v) is 2.94. The highest BCUT2D eigenvalue weighted by molar-refractivity contribution is 5.78. The van der Waals surface area contributed by atoms with Gasteiger partial charge < -0.3 is 10.2 Å². The fraction of sp³-hybridized carbons (Fsp3) is 0.417. The van der Waals surface area contributed by atoms with Gasteiger partial charge in [-0.1, -0.05) is 6.07 Å². The first-order chi connectivity index (χ1) is 8.06. The summed E-state index contributed by atoms with van der Waals surface area (Å²) >= 11 is 0. The van der Waals surface area contributed by atoms with Crippen molar-refractivity contribution in [1.82, 2.24) is 10.2 Å². The second-order valence-corrected chi connectivity index (χ2v) is 4.29. The van der Waals surface area contributed by atoms with Gasteiger partial charge in [0.1, 0.15) is 11.6 Å². The number of benzene rings is 1. The van der Waals surface area contributed by atoms with E-state index >= 15 is 0 Å². The lowest BCUT2D eigenvalue weighted by atomic mass is 10.0. The van der Waals surface area contributed by atoms with E-state index in [4.69, 9.17) is 0 Å². The molecule has 17 heavy (non-hydrogen) atoms. The van der Waals surface area contributed by atoms with E-state index in [1.54, 1.807) is 11.9 Å². The summed E-state index contributed by atoms with van der Waals surface area (Å²) in [6, 6.07) is 3.59. The number of nitrogens with one attached hydrogen (secondary N) is 1. The van der Waals surface area contributed by atoms with Crippen LogP contribution in [0.25, 0.3) is 0 Å². The molecule has 1 aliphatic rings. The van der Waals surface area contributed by atoms with Crippen LogP contribution < -0.4 is 5.32 Å². The van der Waals surface area contributed by atoms with Gasteiger partial charge in [-0.05, 0) is 18.1 Å². The minimum Gasteiger partial charge on any atom is -0.343 e. The maximum Gasteiger partial charge on any atom is 0.236 e. The molecule has 5 heteroatoms. The van der Waals surface area contributed by atoms with Gasteiger partial charge >= 0.3 is 0 Å². The van der Waals surface area contributed by atoms with Crippen molar-refractivity contribution in [2.24, 2.45) is 0 Å². The van der Waals surface area contributed by atoms with Crippen LogP contribution in [0.4, 0.5) is 8.78 Å². The smallest absolute Gasteiger partial charge is 0.236 e. The van der Waals surface area contributed by atoms with Gasteiger partial charge in [-0.2, -0.15) is 0 Å². The SMILES string of the molecule is CN1CC(Cc2ccc(F)cc2F)NCC1=O. The third kappa shape index (κ3) is 2.79. The summed E-state index contributed by atoms with van der Waals surface area (Å²) in [6.07, 6.45) is 0.448. The summed E-state index contributed by atoms with van der Waals surface area (Å²) < 4.78 is 26.2. The summed E-state index contributed by atoms with van der Waals surface area (Å²) in [7, 11) is 1.72. The lowest BCUT2D eigenvalue weighted by Crippen LogP contribution is -2.53. The molecule has 0 aromatic heterocycles. The number of carbonyl (C=O) groups excluding carboxylic acids is 1. The molecule has 1 heterocycles. The summed E-state index contributed by atoms with van der Waals surface area (Å²) in [4.78, 5) is 12.9. The van der Waals surface area contributed by atoms with E-state index in [1.807, 2.05) is 0 Å². The Morgan fingerprint density at radius 2 is 2.24 bits per heavy atom. The fourth-order valence-electron chi connectivity index (χ4n) is 1.95. The normalized spacial score (nSPS) is 20.8. The zero-order chi connectivity index (χ0) is 12.4. The van der Waals surface area contributed by atoms with Crippen molar-refractivity contribution in [3.63, 3.8) is 0 Å². The molecule has 0 bridgehead atoms. The zero-order valence-electron chi connectivity index (χ0n) is 9.54. The highest BCUT2D eigenvalue weighted by atomic mass is 19.1. The van der Waals surface area contributed by atoms with Crippen LogP contribution in [-0.2, 0) is 11.2 Å². The first-order valence-electron chi connectivity index (χ1n) is 5.47. The van der Waals surface area contributed by atoms with Gasteiger partial charge in [-0.25, -0.2) is 8.78 Å². The second-order valence-electron chi connectivity index (χ2n) is 4.29. The Morgan fingerprint density at radius 1 is 1.47 bits per heavy atom. The number of hydrogen-bond acceptors (Lipinski definition) is 2. The average molecular weight is 240 g/mol.